The van der Waals surface area contributed by atoms with Crippen LogP contribution >= 0.6 is 11.8 Å². The second-order valence-corrected chi connectivity index (χ2v) is 6.36. The number of esters is 1. The topological polar surface area (TPSA) is 84.5 Å². The minimum Gasteiger partial charge on any atom is -0.462 e. The van der Waals surface area contributed by atoms with E-state index in [1.54, 1.807) is 31.2 Å². The standard InChI is InChI=1S/C19H19FN2O4S/c1-2-26-19(25)13-6-5-7-14(10-13)21-17(23)11-27-12-18(24)22-16-9-4-3-8-15(16)20/h3-10H,2,11-12H2,1H3,(H,21,23)(H,22,24). The number of thioether (sulfide) groups is 1. The Hall–Kier alpha value is -2.87. The average molecular weight is 390 g/mol. The number of hydrogen-bond donors (Lipinski definition) is 2. The molecular formula is C19H19FN2O4S. The molecule has 27 heavy (non-hydrogen) atoms. The van der Waals surface area contributed by atoms with Crippen molar-refractivity contribution in [2.45, 2.75) is 6.92 Å². The van der Waals surface area contributed by atoms with Crippen molar-refractivity contribution in [2.75, 3.05) is 28.7 Å². The molecule has 0 aliphatic heterocycles. The van der Waals surface area contributed by atoms with Gasteiger partial charge in [0, 0.05) is 5.69 Å². The fraction of sp³-hybridized carbons (Fsp3) is 0.211. The number of hydrogen-bond acceptors (Lipinski definition) is 5. The van der Waals surface area contributed by atoms with E-state index in [4.69, 9.17) is 4.74 Å². The Morgan fingerprint density at radius 2 is 1.70 bits per heavy atom. The second-order valence-electron chi connectivity index (χ2n) is 5.37. The van der Waals surface area contributed by atoms with Crippen molar-refractivity contribution >= 4 is 40.9 Å². The molecule has 0 heterocycles. The third kappa shape index (κ3) is 6.74. The maximum Gasteiger partial charge on any atom is 0.338 e. The van der Waals surface area contributed by atoms with Crippen LogP contribution in [-0.2, 0) is 14.3 Å². The molecule has 0 saturated carbocycles. The average Bonchev–Trinajstić information content (AvgIpc) is 2.64. The molecule has 0 fully saturated rings. The Balaban J connectivity index is 1.78. The van der Waals surface area contributed by atoms with Crippen LogP contribution in [0.3, 0.4) is 0 Å². The zero-order valence-corrected chi connectivity index (χ0v) is 15.5. The molecule has 0 unspecified atom stereocenters. The van der Waals surface area contributed by atoms with E-state index in [2.05, 4.69) is 10.6 Å². The number of halogens is 1. The molecule has 0 aromatic heterocycles. The largest absolute Gasteiger partial charge is 0.462 e. The van der Waals surface area contributed by atoms with Crippen LogP contribution in [0.4, 0.5) is 15.8 Å². The van der Waals surface area contributed by atoms with E-state index in [-0.39, 0.29) is 29.7 Å². The molecule has 2 N–H and O–H groups in total. The van der Waals surface area contributed by atoms with Gasteiger partial charge in [-0.2, -0.15) is 0 Å². The Morgan fingerprint density at radius 3 is 2.41 bits per heavy atom. The summed E-state index contributed by atoms with van der Waals surface area (Å²) in [6.45, 7) is 1.98. The fourth-order valence-electron chi connectivity index (χ4n) is 2.12. The highest BCUT2D eigenvalue weighted by Gasteiger charge is 2.10. The van der Waals surface area contributed by atoms with Gasteiger partial charge in [-0.3, -0.25) is 9.59 Å². The molecule has 8 heteroatoms. The zero-order chi connectivity index (χ0) is 19.6. The van der Waals surface area contributed by atoms with Crippen LogP contribution in [0.1, 0.15) is 17.3 Å². The first kappa shape index (κ1) is 20.4. The molecule has 2 aromatic carbocycles. The number of amides is 2. The first-order chi connectivity index (χ1) is 13.0. The van der Waals surface area contributed by atoms with Crippen molar-refractivity contribution in [3.05, 3.63) is 59.9 Å². The van der Waals surface area contributed by atoms with Crippen molar-refractivity contribution in [2.24, 2.45) is 0 Å². The number of nitrogens with one attached hydrogen (secondary N) is 2. The van der Waals surface area contributed by atoms with Crippen LogP contribution in [-0.4, -0.2) is 35.9 Å². The summed E-state index contributed by atoms with van der Waals surface area (Å²) in [7, 11) is 0. The van der Waals surface area contributed by atoms with Gasteiger partial charge in [-0.05, 0) is 37.3 Å². The lowest BCUT2D eigenvalue weighted by atomic mass is 10.2. The summed E-state index contributed by atoms with van der Waals surface area (Å²) >= 11 is 1.09. The smallest absolute Gasteiger partial charge is 0.338 e. The van der Waals surface area contributed by atoms with Crippen molar-refractivity contribution < 1.29 is 23.5 Å². The van der Waals surface area contributed by atoms with E-state index in [1.165, 1.54) is 24.3 Å². The molecule has 2 aromatic rings. The van der Waals surface area contributed by atoms with Crippen molar-refractivity contribution in [3.8, 4) is 0 Å². The molecule has 0 bridgehead atoms. The van der Waals surface area contributed by atoms with Crippen LogP contribution in [0, 0.1) is 5.82 Å². The third-order valence-corrected chi connectivity index (χ3v) is 4.20. The van der Waals surface area contributed by atoms with Crippen LogP contribution in [0.25, 0.3) is 0 Å². The Labute approximate surface area is 160 Å². The molecular weight excluding hydrogens is 371 g/mol. The highest BCUT2D eigenvalue weighted by Crippen LogP contribution is 2.14. The molecule has 0 aliphatic rings. The lowest BCUT2D eigenvalue weighted by Crippen LogP contribution is -2.19. The monoisotopic (exact) mass is 390 g/mol. The lowest BCUT2D eigenvalue weighted by Gasteiger charge is -2.08. The second kappa shape index (κ2) is 10.3. The van der Waals surface area contributed by atoms with E-state index in [9.17, 15) is 18.8 Å². The van der Waals surface area contributed by atoms with E-state index in [1.807, 2.05) is 0 Å². The normalized spacial score (nSPS) is 10.1. The van der Waals surface area contributed by atoms with Crippen LogP contribution < -0.4 is 10.6 Å². The highest BCUT2D eigenvalue weighted by molar-refractivity contribution is 8.00. The Morgan fingerprint density at radius 1 is 1.00 bits per heavy atom. The molecule has 0 atom stereocenters. The van der Waals surface area contributed by atoms with Crippen LogP contribution in [0.5, 0.6) is 0 Å². The van der Waals surface area contributed by atoms with Gasteiger partial charge in [-0.15, -0.1) is 11.8 Å². The van der Waals surface area contributed by atoms with Gasteiger partial charge in [0.1, 0.15) is 5.82 Å². The number of para-hydroxylation sites is 1. The maximum absolute atomic E-state index is 13.5. The predicted octanol–water partition coefficient (Wildman–Crippen LogP) is 3.31. The number of benzene rings is 2. The molecule has 2 rings (SSSR count). The summed E-state index contributed by atoms with van der Waals surface area (Å²) in [6.07, 6.45) is 0. The molecule has 142 valence electrons. The van der Waals surface area contributed by atoms with Crippen LogP contribution in [0.2, 0.25) is 0 Å². The van der Waals surface area contributed by atoms with Gasteiger partial charge >= 0.3 is 5.97 Å². The molecule has 0 aliphatic carbocycles. The fourth-order valence-corrected chi connectivity index (χ4v) is 2.74. The zero-order valence-electron chi connectivity index (χ0n) is 14.7. The van der Waals surface area contributed by atoms with E-state index < -0.39 is 17.7 Å². The minimum absolute atomic E-state index is 0.00458. The van der Waals surface area contributed by atoms with Gasteiger partial charge in [-0.25, -0.2) is 9.18 Å². The summed E-state index contributed by atoms with van der Waals surface area (Å²) < 4.78 is 18.4. The van der Waals surface area contributed by atoms with Crippen molar-refractivity contribution in [1.82, 2.24) is 0 Å². The number of carbonyl (C=O) groups excluding carboxylic acids is 3. The summed E-state index contributed by atoms with van der Waals surface area (Å²) in [5.41, 5.74) is 0.900. The van der Waals surface area contributed by atoms with Gasteiger partial charge in [0.05, 0.1) is 29.4 Å². The van der Waals surface area contributed by atoms with Crippen LogP contribution in [0.15, 0.2) is 48.5 Å². The summed E-state index contributed by atoms with van der Waals surface area (Å²) in [6, 6.07) is 12.3. The first-order valence-corrected chi connectivity index (χ1v) is 9.34. The van der Waals surface area contributed by atoms with Gasteiger partial charge in [0.2, 0.25) is 11.8 Å². The van der Waals surface area contributed by atoms with E-state index >= 15 is 0 Å². The molecule has 0 spiro atoms. The number of rotatable bonds is 8. The SMILES string of the molecule is CCOC(=O)c1cccc(NC(=O)CSCC(=O)Nc2ccccc2F)c1. The quantitative estimate of drug-likeness (QED) is 0.676. The molecule has 6 nitrogen and oxygen atoms in total. The summed E-state index contributed by atoms with van der Waals surface area (Å²) in [4.78, 5) is 35.5. The number of ether oxygens (including phenoxy) is 1. The van der Waals surface area contributed by atoms with Crippen molar-refractivity contribution in [3.63, 3.8) is 0 Å². The van der Waals surface area contributed by atoms with Gasteiger partial charge in [-0.1, -0.05) is 18.2 Å². The van der Waals surface area contributed by atoms with Crippen molar-refractivity contribution in [1.29, 1.82) is 0 Å². The van der Waals surface area contributed by atoms with Gasteiger partial charge in [0.25, 0.3) is 0 Å². The lowest BCUT2D eigenvalue weighted by molar-refractivity contribution is -0.114. The number of carbonyl (C=O) groups is 3. The molecule has 0 radical (unpaired) electrons. The predicted molar refractivity (Wildman–Crippen MR) is 103 cm³/mol. The van der Waals surface area contributed by atoms with E-state index in [0.717, 1.165) is 11.8 Å². The minimum atomic E-state index is -0.518. The molecule has 0 saturated heterocycles. The third-order valence-electron chi connectivity index (χ3n) is 3.27. The molecule has 2 amide bonds. The van der Waals surface area contributed by atoms with Gasteiger partial charge < -0.3 is 15.4 Å². The van der Waals surface area contributed by atoms with Gasteiger partial charge in [0.15, 0.2) is 0 Å². The highest BCUT2D eigenvalue weighted by atomic mass is 32.2. The maximum atomic E-state index is 13.5. The Bertz CT molecular complexity index is 829. The van der Waals surface area contributed by atoms with E-state index in [0.29, 0.717) is 11.3 Å². The summed E-state index contributed by atoms with van der Waals surface area (Å²) in [5, 5.41) is 5.10. The summed E-state index contributed by atoms with van der Waals surface area (Å²) in [5.74, 6) is -1.66. The number of anilines is 2. The Kier molecular flexibility index (Phi) is 7.81. The first-order valence-electron chi connectivity index (χ1n) is 8.18.